The van der Waals surface area contributed by atoms with Gasteiger partial charge in [0, 0.05) is 28.6 Å². The van der Waals surface area contributed by atoms with E-state index in [1.807, 2.05) is 103 Å². The van der Waals surface area contributed by atoms with Crippen LogP contribution in [0.1, 0.15) is 22.5 Å². The van der Waals surface area contributed by atoms with Crippen LogP contribution in [0.2, 0.25) is 0 Å². The Bertz CT molecular complexity index is 2300. The highest BCUT2D eigenvalue weighted by molar-refractivity contribution is 6.12. The predicted octanol–water partition coefficient (Wildman–Crippen LogP) is 8.57. The number of fused-ring (bicyclic) bond motifs is 3. The van der Waals surface area contributed by atoms with Crippen molar-refractivity contribution in [1.82, 2.24) is 24.3 Å². The number of rotatable bonds is 5. The zero-order valence-corrected chi connectivity index (χ0v) is 24.3. The second-order valence-electron chi connectivity index (χ2n) is 10.6. The summed E-state index contributed by atoms with van der Waals surface area (Å²) in [4.78, 5) is 13.1. The maximum atomic E-state index is 10.2. The van der Waals surface area contributed by atoms with Crippen LogP contribution in [-0.2, 0) is 0 Å². The number of aromatic nitrogens is 5. The molecule has 0 spiro atoms. The van der Waals surface area contributed by atoms with Gasteiger partial charge < -0.3 is 4.74 Å². The van der Waals surface area contributed by atoms with Gasteiger partial charge in [0.15, 0.2) is 11.5 Å². The summed E-state index contributed by atoms with van der Waals surface area (Å²) in [5.41, 5.74) is 6.39. The Morgan fingerprint density at radius 1 is 0.841 bits per heavy atom. The molecule has 0 saturated heterocycles. The fourth-order valence-electron chi connectivity index (χ4n) is 5.82. The van der Waals surface area contributed by atoms with Crippen molar-refractivity contribution in [3.8, 4) is 40.5 Å². The van der Waals surface area contributed by atoms with E-state index in [0.29, 0.717) is 40.0 Å². The molecule has 4 aromatic carbocycles. The van der Waals surface area contributed by atoms with Crippen LogP contribution in [0.3, 0.4) is 0 Å². The van der Waals surface area contributed by atoms with E-state index < -0.39 is 0 Å². The number of pyridine rings is 1. The summed E-state index contributed by atoms with van der Waals surface area (Å²) in [6.07, 6.45) is 1.75. The third-order valence-corrected chi connectivity index (χ3v) is 7.62. The Labute approximate surface area is 253 Å². The number of nitriles is 1. The smallest absolute Gasteiger partial charge is 0.191 e. The highest BCUT2D eigenvalue weighted by atomic mass is 16.5. The molecule has 0 aliphatic rings. The summed E-state index contributed by atoms with van der Waals surface area (Å²) >= 11 is 0. The number of aryl methyl sites for hydroxylation is 3. The molecule has 0 unspecified atom stereocenters. The summed E-state index contributed by atoms with van der Waals surface area (Å²) in [5.74, 6) is 2.88. The van der Waals surface area contributed by atoms with Gasteiger partial charge in [-0.3, -0.25) is 4.57 Å². The lowest BCUT2D eigenvalue weighted by Gasteiger charge is -2.14. The summed E-state index contributed by atoms with van der Waals surface area (Å²) in [5, 5.41) is 16.7. The molecule has 0 amide bonds. The zero-order valence-electron chi connectivity index (χ0n) is 24.3. The standard InChI is InChI=1S/C36H25N7O/c1-22-10-9-11-23(2)35(22)43-36(40-24(3)41-43)25-16-27(38-4)19-28(17-25)44-29-18-26(21-37)34-30-12-5-6-13-31(30)42(32(34)20-29)33-14-7-8-15-39-33/h5-20H,1-3H3. The van der Waals surface area contributed by atoms with E-state index in [-0.39, 0.29) is 0 Å². The zero-order chi connectivity index (χ0) is 30.4. The molecule has 0 N–H and O–H groups in total. The van der Waals surface area contributed by atoms with Crippen molar-refractivity contribution in [2.24, 2.45) is 0 Å². The molecule has 7 rings (SSSR count). The first-order valence-electron chi connectivity index (χ1n) is 14.0. The summed E-state index contributed by atoms with van der Waals surface area (Å²) in [6, 6.07) is 31.2. The maximum absolute atomic E-state index is 10.2. The Hall–Kier alpha value is -6.25. The van der Waals surface area contributed by atoms with Gasteiger partial charge in [-0.25, -0.2) is 19.5 Å². The van der Waals surface area contributed by atoms with Crippen molar-refractivity contribution < 1.29 is 4.74 Å². The fourth-order valence-corrected chi connectivity index (χ4v) is 5.82. The summed E-state index contributed by atoms with van der Waals surface area (Å²) in [6.45, 7) is 13.7. The van der Waals surface area contributed by atoms with Gasteiger partial charge in [-0.15, -0.1) is 0 Å². The van der Waals surface area contributed by atoms with Gasteiger partial charge in [0.1, 0.15) is 23.1 Å². The molecular weight excluding hydrogens is 546 g/mol. The number of benzene rings is 4. The largest absolute Gasteiger partial charge is 0.459 e. The van der Waals surface area contributed by atoms with Crippen molar-refractivity contribution >= 4 is 27.5 Å². The van der Waals surface area contributed by atoms with Crippen LogP contribution in [0.15, 0.2) is 97.2 Å². The molecule has 0 fully saturated rings. The second kappa shape index (κ2) is 10.5. The molecule has 3 aromatic heterocycles. The second-order valence-corrected chi connectivity index (χ2v) is 10.6. The molecular formula is C36H25N7O. The van der Waals surface area contributed by atoms with Gasteiger partial charge in [0.25, 0.3) is 0 Å². The molecule has 8 nitrogen and oxygen atoms in total. The minimum absolute atomic E-state index is 0.399. The number of ether oxygens (including phenoxy) is 1. The lowest BCUT2D eigenvalue weighted by Crippen LogP contribution is -2.04. The first-order valence-corrected chi connectivity index (χ1v) is 14.0. The van der Waals surface area contributed by atoms with E-state index in [1.54, 1.807) is 24.4 Å². The Balaban J connectivity index is 1.39. The van der Waals surface area contributed by atoms with Gasteiger partial charge in [-0.1, -0.05) is 42.5 Å². The summed E-state index contributed by atoms with van der Waals surface area (Å²) < 4.78 is 10.3. The molecule has 0 radical (unpaired) electrons. The Kier molecular flexibility index (Phi) is 6.38. The molecule has 8 heteroatoms. The average molecular weight is 572 g/mol. The molecule has 0 atom stereocenters. The van der Waals surface area contributed by atoms with Crippen LogP contribution in [0.4, 0.5) is 5.69 Å². The third-order valence-electron chi connectivity index (χ3n) is 7.62. The van der Waals surface area contributed by atoms with Gasteiger partial charge in [-0.2, -0.15) is 10.4 Å². The highest BCUT2D eigenvalue weighted by Crippen LogP contribution is 2.39. The van der Waals surface area contributed by atoms with Crippen molar-refractivity contribution in [3.05, 3.63) is 131 Å². The van der Waals surface area contributed by atoms with Crippen LogP contribution in [0, 0.1) is 38.7 Å². The van der Waals surface area contributed by atoms with E-state index in [1.165, 1.54) is 0 Å². The number of hydrogen-bond donors (Lipinski definition) is 0. The predicted molar refractivity (Wildman–Crippen MR) is 171 cm³/mol. The van der Waals surface area contributed by atoms with Crippen LogP contribution in [0.25, 0.3) is 49.5 Å². The lowest BCUT2D eigenvalue weighted by atomic mass is 10.1. The summed E-state index contributed by atoms with van der Waals surface area (Å²) in [7, 11) is 0. The SMILES string of the molecule is [C-]#[N+]c1cc(Oc2cc(C#N)c3c4ccccc4n(-c4ccccn4)c3c2)cc(-c2nc(C)nn2-c2c(C)cccc2C)c1. The molecule has 0 bridgehead atoms. The monoisotopic (exact) mass is 571 g/mol. The molecule has 0 aliphatic heterocycles. The van der Waals surface area contributed by atoms with E-state index in [2.05, 4.69) is 15.9 Å². The molecule has 0 aliphatic carbocycles. The van der Waals surface area contributed by atoms with Gasteiger partial charge >= 0.3 is 0 Å². The quantitative estimate of drug-likeness (QED) is 0.193. The molecule has 3 heterocycles. The van der Waals surface area contributed by atoms with Gasteiger partial charge in [0.2, 0.25) is 0 Å². The van der Waals surface area contributed by atoms with E-state index in [0.717, 1.165) is 44.4 Å². The fraction of sp³-hybridized carbons (Fsp3) is 0.0833. The van der Waals surface area contributed by atoms with Crippen LogP contribution < -0.4 is 4.74 Å². The van der Waals surface area contributed by atoms with E-state index in [9.17, 15) is 5.26 Å². The maximum Gasteiger partial charge on any atom is 0.191 e. The van der Waals surface area contributed by atoms with E-state index in [4.69, 9.17) is 21.4 Å². The topological polar surface area (TPSA) is 85.9 Å². The number of hydrogen-bond acceptors (Lipinski definition) is 5. The number of para-hydroxylation sites is 2. The van der Waals surface area contributed by atoms with Crippen molar-refractivity contribution in [2.45, 2.75) is 20.8 Å². The van der Waals surface area contributed by atoms with Crippen molar-refractivity contribution in [1.29, 1.82) is 5.26 Å². The minimum Gasteiger partial charge on any atom is -0.459 e. The molecule has 0 saturated carbocycles. The van der Waals surface area contributed by atoms with Crippen molar-refractivity contribution in [2.75, 3.05) is 0 Å². The lowest BCUT2D eigenvalue weighted by molar-refractivity contribution is 0.483. The van der Waals surface area contributed by atoms with Crippen molar-refractivity contribution in [3.63, 3.8) is 0 Å². The highest BCUT2D eigenvalue weighted by Gasteiger charge is 2.20. The van der Waals surface area contributed by atoms with E-state index >= 15 is 0 Å². The molecule has 210 valence electrons. The normalized spacial score (nSPS) is 11.0. The van der Waals surface area contributed by atoms with Gasteiger partial charge in [0.05, 0.1) is 34.9 Å². The minimum atomic E-state index is 0.399. The third kappa shape index (κ3) is 4.43. The van der Waals surface area contributed by atoms with Crippen LogP contribution in [-0.4, -0.2) is 24.3 Å². The Morgan fingerprint density at radius 2 is 1.61 bits per heavy atom. The van der Waals surface area contributed by atoms with Gasteiger partial charge in [-0.05, 0) is 74.4 Å². The molecule has 7 aromatic rings. The Morgan fingerprint density at radius 3 is 2.36 bits per heavy atom. The van der Waals surface area contributed by atoms with Crippen LogP contribution in [0.5, 0.6) is 11.5 Å². The average Bonchev–Trinajstić information content (AvgIpc) is 3.58. The number of nitrogens with zero attached hydrogens (tertiary/aromatic N) is 7. The first-order chi connectivity index (χ1) is 21.4. The van der Waals surface area contributed by atoms with Crippen LogP contribution >= 0.6 is 0 Å². The first kappa shape index (κ1) is 26.6. The molecule has 44 heavy (non-hydrogen) atoms.